The number of nitrogens with two attached hydrogens (primary N) is 1. The molecular formula is C16H16ClNO. The van der Waals surface area contributed by atoms with Gasteiger partial charge in [-0.2, -0.15) is 0 Å². The topological polar surface area (TPSA) is 35.2 Å². The Morgan fingerprint density at radius 1 is 1.11 bits per heavy atom. The van der Waals surface area contributed by atoms with Gasteiger partial charge in [-0.1, -0.05) is 41.9 Å². The minimum atomic E-state index is -0.00985. The van der Waals surface area contributed by atoms with E-state index in [0.29, 0.717) is 6.61 Å². The van der Waals surface area contributed by atoms with Crippen LogP contribution in [0.3, 0.4) is 0 Å². The third kappa shape index (κ3) is 2.81. The predicted octanol–water partition coefficient (Wildman–Crippen LogP) is 3.61. The quantitative estimate of drug-likeness (QED) is 0.927. The lowest BCUT2D eigenvalue weighted by atomic mass is 9.97. The number of hydrogen-bond acceptors (Lipinski definition) is 2. The number of halogens is 1. The molecule has 0 saturated carbocycles. The van der Waals surface area contributed by atoms with Gasteiger partial charge < -0.3 is 10.5 Å². The summed E-state index contributed by atoms with van der Waals surface area (Å²) in [6.45, 7) is 1.42. The van der Waals surface area contributed by atoms with E-state index in [0.717, 1.165) is 29.2 Å². The van der Waals surface area contributed by atoms with E-state index in [4.69, 9.17) is 22.1 Å². The second kappa shape index (κ2) is 5.33. The molecule has 3 heteroatoms. The summed E-state index contributed by atoms with van der Waals surface area (Å²) in [5.41, 5.74) is 11.1. The van der Waals surface area contributed by atoms with Gasteiger partial charge in [-0.25, -0.2) is 0 Å². The van der Waals surface area contributed by atoms with Gasteiger partial charge in [0.05, 0.1) is 13.2 Å². The standard InChI is InChI=1S/C16H16ClNO/c17-15-3-1-2-11(6-15)7-16(18)12-4-5-13-9-19-10-14(13)8-12/h1-6,8,16H,7,9-10,18H2. The lowest BCUT2D eigenvalue weighted by Crippen LogP contribution is -2.13. The van der Waals surface area contributed by atoms with E-state index >= 15 is 0 Å². The summed E-state index contributed by atoms with van der Waals surface area (Å²) >= 11 is 5.99. The van der Waals surface area contributed by atoms with Gasteiger partial charge in [-0.15, -0.1) is 0 Å². The Morgan fingerprint density at radius 2 is 1.95 bits per heavy atom. The molecular weight excluding hydrogens is 258 g/mol. The van der Waals surface area contributed by atoms with Gasteiger partial charge in [0.2, 0.25) is 0 Å². The zero-order chi connectivity index (χ0) is 13.2. The highest BCUT2D eigenvalue weighted by atomic mass is 35.5. The molecule has 0 aliphatic carbocycles. The van der Waals surface area contributed by atoms with Crippen LogP contribution in [0.1, 0.15) is 28.3 Å². The Kier molecular flexibility index (Phi) is 3.56. The van der Waals surface area contributed by atoms with Gasteiger partial charge in [0, 0.05) is 11.1 Å². The summed E-state index contributed by atoms with van der Waals surface area (Å²) in [5.74, 6) is 0. The summed E-state index contributed by atoms with van der Waals surface area (Å²) in [6.07, 6.45) is 0.792. The molecule has 3 rings (SSSR count). The summed E-state index contributed by atoms with van der Waals surface area (Å²) < 4.78 is 5.43. The first-order valence-electron chi connectivity index (χ1n) is 6.42. The lowest BCUT2D eigenvalue weighted by Gasteiger charge is -2.13. The zero-order valence-corrected chi connectivity index (χ0v) is 11.4. The van der Waals surface area contributed by atoms with Crippen molar-refractivity contribution < 1.29 is 4.74 Å². The largest absolute Gasteiger partial charge is 0.372 e. The van der Waals surface area contributed by atoms with Crippen LogP contribution >= 0.6 is 11.6 Å². The first-order chi connectivity index (χ1) is 9.22. The van der Waals surface area contributed by atoms with Gasteiger partial charge >= 0.3 is 0 Å². The minimum absolute atomic E-state index is 0.00985. The molecule has 2 aromatic rings. The van der Waals surface area contributed by atoms with Crippen LogP contribution < -0.4 is 5.73 Å². The van der Waals surface area contributed by atoms with Crippen LogP contribution in [0.25, 0.3) is 0 Å². The van der Waals surface area contributed by atoms with Crippen molar-refractivity contribution in [2.45, 2.75) is 25.7 Å². The molecule has 1 heterocycles. The van der Waals surface area contributed by atoms with Crippen LogP contribution in [-0.4, -0.2) is 0 Å². The first-order valence-corrected chi connectivity index (χ1v) is 6.79. The minimum Gasteiger partial charge on any atom is -0.372 e. The van der Waals surface area contributed by atoms with E-state index in [2.05, 4.69) is 24.3 Å². The Balaban J connectivity index is 1.78. The number of rotatable bonds is 3. The van der Waals surface area contributed by atoms with Gasteiger partial charge in [0.25, 0.3) is 0 Å². The average Bonchev–Trinajstić information content (AvgIpc) is 2.85. The molecule has 0 radical (unpaired) electrons. The maximum Gasteiger partial charge on any atom is 0.0725 e. The summed E-state index contributed by atoms with van der Waals surface area (Å²) in [6, 6.07) is 14.2. The van der Waals surface area contributed by atoms with Crippen molar-refractivity contribution in [1.82, 2.24) is 0 Å². The SMILES string of the molecule is NC(Cc1cccc(Cl)c1)c1ccc2c(c1)COC2. The maximum absolute atomic E-state index is 6.29. The highest BCUT2D eigenvalue weighted by Crippen LogP contribution is 2.25. The van der Waals surface area contributed by atoms with Crippen LogP contribution in [0, 0.1) is 0 Å². The smallest absolute Gasteiger partial charge is 0.0725 e. The van der Waals surface area contributed by atoms with E-state index in [-0.39, 0.29) is 6.04 Å². The normalized spacial score (nSPS) is 15.3. The van der Waals surface area contributed by atoms with E-state index in [1.165, 1.54) is 11.1 Å². The van der Waals surface area contributed by atoms with Crippen LogP contribution in [0.5, 0.6) is 0 Å². The molecule has 1 atom stereocenters. The van der Waals surface area contributed by atoms with Crippen molar-refractivity contribution in [1.29, 1.82) is 0 Å². The maximum atomic E-state index is 6.29. The van der Waals surface area contributed by atoms with Gasteiger partial charge in [0.1, 0.15) is 0 Å². The van der Waals surface area contributed by atoms with Crippen molar-refractivity contribution in [3.05, 3.63) is 69.7 Å². The predicted molar refractivity (Wildman–Crippen MR) is 77.0 cm³/mol. The van der Waals surface area contributed by atoms with Crippen LogP contribution in [0.15, 0.2) is 42.5 Å². The van der Waals surface area contributed by atoms with Gasteiger partial charge in [0.15, 0.2) is 0 Å². The third-order valence-corrected chi connectivity index (χ3v) is 3.75. The van der Waals surface area contributed by atoms with Crippen molar-refractivity contribution in [3.63, 3.8) is 0 Å². The Labute approximate surface area is 118 Å². The van der Waals surface area contributed by atoms with Crippen molar-refractivity contribution in [2.75, 3.05) is 0 Å². The Bertz CT molecular complexity index is 597. The second-order valence-corrected chi connectivity index (χ2v) is 5.40. The van der Waals surface area contributed by atoms with E-state index in [1.54, 1.807) is 0 Å². The van der Waals surface area contributed by atoms with Crippen molar-refractivity contribution in [3.8, 4) is 0 Å². The summed E-state index contributed by atoms with van der Waals surface area (Å²) in [4.78, 5) is 0. The molecule has 0 saturated heterocycles. The van der Waals surface area contributed by atoms with E-state index in [9.17, 15) is 0 Å². The fourth-order valence-electron chi connectivity index (χ4n) is 2.46. The number of hydrogen-bond donors (Lipinski definition) is 1. The molecule has 1 unspecified atom stereocenters. The highest BCUT2D eigenvalue weighted by molar-refractivity contribution is 6.30. The average molecular weight is 274 g/mol. The van der Waals surface area contributed by atoms with Gasteiger partial charge in [-0.05, 0) is 40.8 Å². The molecule has 1 aliphatic rings. The van der Waals surface area contributed by atoms with Crippen LogP contribution in [0.2, 0.25) is 5.02 Å². The molecule has 0 spiro atoms. The second-order valence-electron chi connectivity index (χ2n) is 4.96. The van der Waals surface area contributed by atoms with Crippen LogP contribution in [-0.2, 0) is 24.4 Å². The van der Waals surface area contributed by atoms with Gasteiger partial charge in [-0.3, -0.25) is 0 Å². The summed E-state index contributed by atoms with van der Waals surface area (Å²) in [7, 11) is 0. The molecule has 98 valence electrons. The molecule has 1 aliphatic heterocycles. The summed E-state index contributed by atoms with van der Waals surface area (Å²) in [5, 5.41) is 0.757. The number of ether oxygens (including phenoxy) is 1. The lowest BCUT2D eigenvalue weighted by molar-refractivity contribution is 0.134. The Morgan fingerprint density at radius 3 is 2.79 bits per heavy atom. The first kappa shape index (κ1) is 12.7. The number of fused-ring (bicyclic) bond motifs is 1. The van der Waals surface area contributed by atoms with Crippen molar-refractivity contribution >= 4 is 11.6 Å². The highest BCUT2D eigenvalue weighted by Gasteiger charge is 2.14. The van der Waals surface area contributed by atoms with E-state index < -0.39 is 0 Å². The molecule has 19 heavy (non-hydrogen) atoms. The number of benzene rings is 2. The molecule has 0 amide bonds. The fraction of sp³-hybridized carbons (Fsp3) is 0.250. The van der Waals surface area contributed by atoms with E-state index in [1.807, 2.05) is 18.2 Å². The molecule has 0 fully saturated rings. The monoisotopic (exact) mass is 273 g/mol. The molecule has 0 aromatic heterocycles. The fourth-order valence-corrected chi connectivity index (χ4v) is 2.67. The molecule has 2 N–H and O–H groups in total. The van der Waals surface area contributed by atoms with Crippen LogP contribution in [0.4, 0.5) is 0 Å². The molecule has 0 bridgehead atoms. The Hall–Kier alpha value is -1.35. The van der Waals surface area contributed by atoms with Crippen molar-refractivity contribution in [2.24, 2.45) is 5.73 Å². The zero-order valence-electron chi connectivity index (χ0n) is 10.6. The molecule has 2 nitrogen and oxygen atoms in total. The third-order valence-electron chi connectivity index (χ3n) is 3.52. The molecule has 2 aromatic carbocycles.